The van der Waals surface area contributed by atoms with Crippen LogP contribution in [0.15, 0.2) is 69.9 Å². The van der Waals surface area contributed by atoms with Crippen molar-refractivity contribution in [3.05, 3.63) is 101 Å². The lowest BCUT2D eigenvalue weighted by Gasteiger charge is -2.21. The monoisotopic (exact) mass is 499 g/mol. The van der Waals surface area contributed by atoms with Crippen LogP contribution in [0, 0.1) is 25.2 Å². The fraction of sp³-hybridized carbons (Fsp3) is 0.250. The number of carbonyl (C=O) groups is 2. The number of nitrogens with one attached hydrogen (secondary N) is 2. The van der Waals surface area contributed by atoms with Crippen molar-refractivity contribution in [2.24, 2.45) is 0 Å². The first kappa shape index (κ1) is 25.5. The molecule has 0 unspecified atom stereocenters. The van der Waals surface area contributed by atoms with E-state index in [9.17, 15) is 14.9 Å². The van der Waals surface area contributed by atoms with Gasteiger partial charge in [0.25, 0.3) is 5.91 Å². The highest BCUT2D eigenvalue weighted by Crippen LogP contribution is 2.27. The van der Waals surface area contributed by atoms with Gasteiger partial charge >= 0.3 is 0 Å². The molecule has 0 saturated carbocycles. The number of anilines is 1. The zero-order valence-corrected chi connectivity index (χ0v) is 21.1. The number of amides is 2. The first-order valence-electron chi connectivity index (χ1n) is 11.9. The van der Waals surface area contributed by atoms with Crippen molar-refractivity contribution in [2.45, 2.75) is 33.5 Å². The Morgan fingerprint density at radius 2 is 1.68 bits per heavy atom. The number of carbonyl (C=O) groups excluding carboxylic acids is 2. The van der Waals surface area contributed by atoms with Crippen molar-refractivity contribution < 1.29 is 18.4 Å². The standard InChI is InChI=1S/C28H29N5O4/c1-19-20(2)33(17-24-7-5-13-37-24)27(25(19)14-29)31-26(34)18-32(16-23-6-4-12-36-23)15-21-8-10-22(11-9-21)28(35)30-3/h4-13H,15-18H2,1-3H3,(H,30,35)(H,31,34). The van der Waals surface area contributed by atoms with Crippen molar-refractivity contribution in [3.8, 4) is 6.07 Å². The van der Waals surface area contributed by atoms with E-state index in [1.165, 1.54) is 0 Å². The smallest absolute Gasteiger partial charge is 0.251 e. The molecule has 0 saturated heterocycles. The molecule has 37 heavy (non-hydrogen) atoms. The number of nitrogens with zero attached hydrogens (tertiary/aromatic N) is 3. The molecule has 0 aliphatic heterocycles. The first-order valence-corrected chi connectivity index (χ1v) is 11.9. The van der Waals surface area contributed by atoms with Crippen molar-refractivity contribution in [3.63, 3.8) is 0 Å². The molecule has 0 radical (unpaired) electrons. The maximum absolute atomic E-state index is 13.3. The van der Waals surface area contributed by atoms with E-state index in [0.717, 1.165) is 28.3 Å². The fourth-order valence-electron chi connectivity index (χ4n) is 4.22. The lowest BCUT2D eigenvalue weighted by atomic mass is 10.1. The van der Waals surface area contributed by atoms with E-state index in [1.807, 2.05) is 47.6 Å². The van der Waals surface area contributed by atoms with Crippen LogP contribution in [0.5, 0.6) is 0 Å². The van der Waals surface area contributed by atoms with Crippen LogP contribution in [0.2, 0.25) is 0 Å². The molecule has 190 valence electrons. The van der Waals surface area contributed by atoms with Gasteiger partial charge in [-0.05, 0) is 61.4 Å². The van der Waals surface area contributed by atoms with E-state index in [0.29, 0.717) is 36.6 Å². The highest BCUT2D eigenvalue weighted by Gasteiger charge is 2.22. The fourth-order valence-corrected chi connectivity index (χ4v) is 4.22. The summed E-state index contributed by atoms with van der Waals surface area (Å²) in [5.74, 6) is 1.47. The molecule has 4 rings (SSSR count). The van der Waals surface area contributed by atoms with Gasteiger partial charge in [0.05, 0.1) is 37.7 Å². The molecule has 2 N–H and O–H groups in total. The molecular weight excluding hydrogens is 470 g/mol. The molecule has 2 amide bonds. The average molecular weight is 500 g/mol. The second-order valence-electron chi connectivity index (χ2n) is 8.76. The maximum atomic E-state index is 13.3. The normalized spacial score (nSPS) is 10.9. The minimum Gasteiger partial charge on any atom is -0.468 e. The summed E-state index contributed by atoms with van der Waals surface area (Å²) in [7, 11) is 1.59. The second-order valence-corrected chi connectivity index (χ2v) is 8.76. The quantitative estimate of drug-likeness (QED) is 0.338. The zero-order valence-electron chi connectivity index (χ0n) is 21.1. The van der Waals surface area contributed by atoms with Crippen molar-refractivity contribution in [1.29, 1.82) is 5.26 Å². The van der Waals surface area contributed by atoms with Gasteiger partial charge in [-0.1, -0.05) is 12.1 Å². The Morgan fingerprint density at radius 1 is 1.00 bits per heavy atom. The van der Waals surface area contributed by atoms with Gasteiger partial charge in [0.1, 0.15) is 23.4 Å². The van der Waals surface area contributed by atoms with Crippen molar-refractivity contribution in [1.82, 2.24) is 14.8 Å². The Kier molecular flexibility index (Phi) is 7.91. The van der Waals surface area contributed by atoms with Crippen LogP contribution in [0.1, 0.15) is 44.3 Å². The number of furan rings is 2. The van der Waals surface area contributed by atoms with Gasteiger partial charge in [0.2, 0.25) is 5.91 Å². The third-order valence-corrected chi connectivity index (χ3v) is 6.27. The van der Waals surface area contributed by atoms with E-state index in [4.69, 9.17) is 8.83 Å². The van der Waals surface area contributed by atoms with Crippen LogP contribution in [0.3, 0.4) is 0 Å². The third-order valence-electron chi connectivity index (χ3n) is 6.27. The third kappa shape index (κ3) is 6.00. The molecule has 1 aromatic carbocycles. The Hall–Kier alpha value is -4.55. The van der Waals surface area contributed by atoms with Crippen LogP contribution in [0.25, 0.3) is 0 Å². The van der Waals surface area contributed by atoms with Gasteiger partial charge in [-0.25, -0.2) is 0 Å². The molecule has 4 aromatic rings. The lowest BCUT2D eigenvalue weighted by molar-refractivity contribution is -0.117. The molecule has 0 spiro atoms. The average Bonchev–Trinajstić information content (AvgIpc) is 3.64. The number of benzene rings is 1. The highest BCUT2D eigenvalue weighted by atomic mass is 16.3. The van der Waals surface area contributed by atoms with Gasteiger partial charge in [-0.2, -0.15) is 5.26 Å². The summed E-state index contributed by atoms with van der Waals surface area (Å²) in [5, 5.41) is 15.4. The van der Waals surface area contributed by atoms with Crippen LogP contribution < -0.4 is 10.6 Å². The molecule has 3 aromatic heterocycles. The van der Waals surface area contributed by atoms with Gasteiger partial charge in [-0.15, -0.1) is 0 Å². The van der Waals surface area contributed by atoms with E-state index < -0.39 is 0 Å². The Bertz CT molecular complexity index is 1390. The molecule has 0 fully saturated rings. The van der Waals surface area contributed by atoms with Crippen LogP contribution in [-0.4, -0.2) is 34.9 Å². The van der Waals surface area contributed by atoms with Crippen LogP contribution >= 0.6 is 0 Å². The molecule has 0 bridgehead atoms. The van der Waals surface area contributed by atoms with Gasteiger partial charge in [0.15, 0.2) is 0 Å². The van der Waals surface area contributed by atoms with E-state index in [1.54, 1.807) is 43.8 Å². The number of rotatable bonds is 10. The largest absolute Gasteiger partial charge is 0.468 e. The van der Waals surface area contributed by atoms with E-state index >= 15 is 0 Å². The minimum absolute atomic E-state index is 0.0623. The summed E-state index contributed by atoms with van der Waals surface area (Å²) in [6.45, 7) is 5.11. The maximum Gasteiger partial charge on any atom is 0.251 e. The summed E-state index contributed by atoms with van der Waals surface area (Å²) in [5.41, 5.74) is 3.63. The topological polar surface area (TPSA) is 116 Å². The van der Waals surface area contributed by atoms with Gasteiger partial charge < -0.3 is 24.0 Å². The molecule has 0 aliphatic rings. The van der Waals surface area contributed by atoms with E-state index in [2.05, 4.69) is 16.7 Å². The Balaban J connectivity index is 1.54. The second kappa shape index (κ2) is 11.5. The number of nitriles is 1. The van der Waals surface area contributed by atoms with Crippen molar-refractivity contribution >= 4 is 17.6 Å². The lowest BCUT2D eigenvalue weighted by Crippen LogP contribution is -2.33. The van der Waals surface area contributed by atoms with Gasteiger partial charge in [0, 0.05) is 24.8 Å². The summed E-state index contributed by atoms with van der Waals surface area (Å²) in [6.07, 6.45) is 3.19. The molecule has 9 heteroatoms. The van der Waals surface area contributed by atoms with E-state index in [-0.39, 0.29) is 18.4 Å². The predicted octanol–water partition coefficient (Wildman–Crippen LogP) is 4.21. The summed E-state index contributed by atoms with van der Waals surface area (Å²) in [4.78, 5) is 27.1. The summed E-state index contributed by atoms with van der Waals surface area (Å²) in [6, 6.07) is 16.8. The Labute approximate surface area is 215 Å². The molecule has 0 aliphatic carbocycles. The number of aromatic nitrogens is 1. The predicted molar refractivity (Wildman–Crippen MR) is 138 cm³/mol. The Morgan fingerprint density at radius 3 is 2.27 bits per heavy atom. The number of hydrogen-bond acceptors (Lipinski definition) is 6. The molecule has 9 nitrogen and oxygen atoms in total. The minimum atomic E-state index is -0.261. The number of hydrogen-bond donors (Lipinski definition) is 2. The zero-order chi connectivity index (χ0) is 26.4. The molecule has 0 atom stereocenters. The molecule has 3 heterocycles. The first-order chi connectivity index (χ1) is 17.9. The summed E-state index contributed by atoms with van der Waals surface area (Å²) < 4.78 is 12.9. The molecular formula is C28H29N5O4. The van der Waals surface area contributed by atoms with Crippen molar-refractivity contribution in [2.75, 3.05) is 18.9 Å². The van der Waals surface area contributed by atoms with Gasteiger partial charge in [-0.3, -0.25) is 14.5 Å². The van der Waals surface area contributed by atoms with Crippen LogP contribution in [-0.2, 0) is 24.4 Å². The SMILES string of the molecule is CNC(=O)c1ccc(CN(CC(=O)Nc2c(C#N)c(C)c(C)n2Cc2ccco2)Cc2ccco2)cc1. The highest BCUT2D eigenvalue weighted by molar-refractivity contribution is 5.94. The summed E-state index contributed by atoms with van der Waals surface area (Å²) >= 11 is 0. The van der Waals surface area contributed by atoms with Crippen LogP contribution in [0.4, 0.5) is 5.82 Å².